The number of phenols is 1. The maximum atomic E-state index is 10.3. The zero-order chi connectivity index (χ0) is 15.2. The first-order chi connectivity index (χ1) is 10.2. The molecule has 2 aromatic carbocycles. The highest BCUT2D eigenvalue weighted by Gasteiger charge is 2.19. The van der Waals surface area contributed by atoms with Crippen molar-refractivity contribution in [2.75, 3.05) is 13.7 Å². The number of aromatic hydroxyl groups is 1. The molecule has 0 aliphatic carbocycles. The fourth-order valence-electron chi connectivity index (χ4n) is 2.24. The lowest BCUT2D eigenvalue weighted by molar-refractivity contribution is 0.245. The van der Waals surface area contributed by atoms with Crippen LogP contribution in [0.4, 0.5) is 0 Å². The van der Waals surface area contributed by atoms with Gasteiger partial charge in [0, 0.05) is 17.7 Å². The monoisotopic (exact) mass is 287 g/mol. The van der Waals surface area contributed by atoms with Crippen LogP contribution < -0.4 is 10.1 Å². The second kappa shape index (κ2) is 7.11. The molecule has 1 unspecified atom stereocenters. The lowest BCUT2D eigenvalue weighted by atomic mass is 9.97. The van der Waals surface area contributed by atoms with Crippen LogP contribution in [0.15, 0.2) is 48.5 Å². The number of nitrogens with one attached hydrogen (secondary N) is 1. The zero-order valence-electron chi connectivity index (χ0n) is 12.3. The molecular weight excluding hydrogens is 266 g/mol. The molecule has 2 rings (SSSR count). The molecule has 2 aromatic rings. The summed E-state index contributed by atoms with van der Waals surface area (Å²) < 4.78 is 5.12. The van der Waals surface area contributed by atoms with E-state index in [-0.39, 0.29) is 24.4 Å². The summed E-state index contributed by atoms with van der Waals surface area (Å²) in [7, 11) is 1.56. The molecule has 4 nitrogen and oxygen atoms in total. The molecule has 0 heterocycles. The smallest absolute Gasteiger partial charge is 0.124 e. The molecule has 0 amide bonds. The van der Waals surface area contributed by atoms with E-state index in [0.29, 0.717) is 5.75 Å². The normalized spacial score (nSPS) is 13.7. The Hall–Kier alpha value is -2.04. The van der Waals surface area contributed by atoms with Gasteiger partial charge in [0.05, 0.1) is 19.8 Å². The molecular formula is C17H21NO3. The van der Waals surface area contributed by atoms with Gasteiger partial charge in [0.2, 0.25) is 0 Å². The van der Waals surface area contributed by atoms with Gasteiger partial charge in [0.15, 0.2) is 0 Å². The predicted octanol–water partition coefficient (Wildman–Crippen LogP) is 2.46. The van der Waals surface area contributed by atoms with Crippen molar-refractivity contribution in [1.29, 1.82) is 0 Å². The number of phenolic OH excluding ortho intramolecular Hbond substituents is 1. The maximum absolute atomic E-state index is 10.3. The van der Waals surface area contributed by atoms with E-state index in [2.05, 4.69) is 5.32 Å². The van der Waals surface area contributed by atoms with Crippen molar-refractivity contribution >= 4 is 0 Å². The minimum absolute atomic E-state index is 0.0280. The maximum Gasteiger partial charge on any atom is 0.124 e. The van der Waals surface area contributed by atoms with Gasteiger partial charge in [-0.1, -0.05) is 30.3 Å². The van der Waals surface area contributed by atoms with Gasteiger partial charge in [-0.2, -0.15) is 0 Å². The number of hydrogen-bond donors (Lipinski definition) is 3. The van der Waals surface area contributed by atoms with Crippen LogP contribution in [0, 0.1) is 0 Å². The van der Waals surface area contributed by atoms with Gasteiger partial charge in [0.25, 0.3) is 0 Å². The van der Waals surface area contributed by atoms with Crippen LogP contribution in [-0.2, 0) is 0 Å². The number of ether oxygens (including phenoxy) is 1. The van der Waals surface area contributed by atoms with E-state index < -0.39 is 0 Å². The number of benzene rings is 2. The number of methoxy groups -OCH3 is 1. The molecule has 0 aromatic heterocycles. The van der Waals surface area contributed by atoms with Gasteiger partial charge in [-0.15, -0.1) is 0 Å². The highest BCUT2D eigenvalue weighted by atomic mass is 16.5. The summed E-state index contributed by atoms with van der Waals surface area (Å²) in [5, 5.41) is 22.9. The van der Waals surface area contributed by atoms with E-state index >= 15 is 0 Å². The van der Waals surface area contributed by atoms with Crippen molar-refractivity contribution in [1.82, 2.24) is 5.32 Å². The highest BCUT2D eigenvalue weighted by molar-refractivity contribution is 5.45. The van der Waals surface area contributed by atoms with Crippen molar-refractivity contribution in [3.8, 4) is 11.5 Å². The molecule has 0 saturated carbocycles. The van der Waals surface area contributed by atoms with E-state index in [1.807, 2.05) is 49.4 Å². The lowest BCUT2D eigenvalue weighted by Gasteiger charge is -2.24. The third kappa shape index (κ3) is 3.74. The van der Waals surface area contributed by atoms with E-state index in [4.69, 9.17) is 4.74 Å². The van der Waals surface area contributed by atoms with Gasteiger partial charge in [-0.05, 0) is 24.6 Å². The summed E-state index contributed by atoms with van der Waals surface area (Å²) in [5.74, 6) is 0.777. The molecule has 112 valence electrons. The minimum atomic E-state index is -0.195. The van der Waals surface area contributed by atoms with E-state index in [0.717, 1.165) is 11.1 Å². The van der Waals surface area contributed by atoms with Gasteiger partial charge in [0.1, 0.15) is 11.5 Å². The fraction of sp³-hybridized carbons (Fsp3) is 0.294. The number of hydrogen-bond acceptors (Lipinski definition) is 4. The Morgan fingerprint density at radius 1 is 1.14 bits per heavy atom. The summed E-state index contributed by atoms with van der Waals surface area (Å²) in [6.45, 7) is 1.93. The van der Waals surface area contributed by atoms with Crippen molar-refractivity contribution in [2.24, 2.45) is 0 Å². The summed E-state index contributed by atoms with van der Waals surface area (Å²) in [6, 6.07) is 14.8. The van der Waals surface area contributed by atoms with Crippen LogP contribution in [0.5, 0.6) is 11.5 Å². The fourth-order valence-corrected chi connectivity index (χ4v) is 2.24. The van der Waals surface area contributed by atoms with Gasteiger partial charge < -0.3 is 20.3 Å². The lowest BCUT2D eigenvalue weighted by Crippen LogP contribution is -2.33. The van der Waals surface area contributed by atoms with E-state index in [1.54, 1.807) is 13.2 Å². The van der Waals surface area contributed by atoms with Crippen molar-refractivity contribution < 1.29 is 14.9 Å². The molecule has 21 heavy (non-hydrogen) atoms. The zero-order valence-corrected chi connectivity index (χ0v) is 12.3. The average Bonchev–Trinajstić information content (AvgIpc) is 2.53. The molecule has 4 heteroatoms. The van der Waals surface area contributed by atoms with Crippen molar-refractivity contribution in [3.63, 3.8) is 0 Å². The first-order valence-electron chi connectivity index (χ1n) is 6.94. The average molecular weight is 287 g/mol. The van der Waals surface area contributed by atoms with Crippen LogP contribution in [0.3, 0.4) is 0 Å². The summed E-state index contributed by atoms with van der Waals surface area (Å²) in [6.07, 6.45) is 0. The molecule has 0 spiro atoms. The second-order valence-electron chi connectivity index (χ2n) is 5.02. The number of aliphatic hydroxyl groups is 1. The first-order valence-corrected chi connectivity index (χ1v) is 6.94. The highest BCUT2D eigenvalue weighted by Crippen LogP contribution is 2.32. The topological polar surface area (TPSA) is 61.7 Å². The Balaban J connectivity index is 2.40. The Morgan fingerprint density at radius 2 is 1.86 bits per heavy atom. The predicted molar refractivity (Wildman–Crippen MR) is 82.6 cm³/mol. The summed E-state index contributed by atoms with van der Waals surface area (Å²) >= 11 is 0. The molecule has 0 saturated heterocycles. The Bertz CT molecular complexity index is 572. The Labute approximate surface area is 125 Å². The van der Waals surface area contributed by atoms with Gasteiger partial charge in [-0.3, -0.25) is 0 Å². The molecule has 2 atom stereocenters. The molecule has 0 aliphatic rings. The molecule has 0 radical (unpaired) electrons. The standard InChI is InChI=1S/C17H21NO3/c1-12(11-19)18-17(13-6-4-3-5-7-13)15-9-8-14(21-2)10-16(15)20/h3-10,12,17-20H,11H2,1-2H3/t12-,17?/m1/s1. The molecule has 0 aliphatic heterocycles. The third-order valence-corrected chi connectivity index (χ3v) is 3.41. The second-order valence-corrected chi connectivity index (χ2v) is 5.02. The Kier molecular flexibility index (Phi) is 5.20. The number of rotatable bonds is 6. The largest absolute Gasteiger partial charge is 0.507 e. The molecule has 3 N–H and O–H groups in total. The Morgan fingerprint density at radius 3 is 2.43 bits per heavy atom. The van der Waals surface area contributed by atoms with Crippen molar-refractivity contribution in [3.05, 3.63) is 59.7 Å². The summed E-state index contributed by atoms with van der Waals surface area (Å²) in [5.41, 5.74) is 1.78. The SMILES string of the molecule is COc1ccc(C(N[C@H](C)CO)c2ccccc2)c(O)c1. The summed E-state index contributed by atoms with van der Waals surface area (Å²) in [4.78, 5) is 0. The van der Waals surface area contributed by atoms with Crippen LogP contribution in [-0.4, -0.2) is 30.0 Å². The van der Waals surface area contributed by atoms with Crippen LogP contribution >= 0.6 is 0 Å². The van der Waals surface area contributed by atoms with Crippen LogP contribution in [0.2, 0.25) is 0 Å². The molecule has 0 fully saturated rings. The van der Waals surface area contributed by atoms with Gasteiger partial charge >= 0.3 is 0 Å². The molecule has 0 bridgehead atoms. The minimum Gasteiger partial charge on any atom is -0.507 e. The van der Waals surface area contributed by atoms with Crippen LogP contribution in [0.25, 0.3) is 0 Å². The quantitative estimate of drug-likeness (QED) is 0.764. The number of aliphatic hydroxyl groups excluding tert-OH is 1. The van der Waals surface area contributed by atoms with Gasteiger partial charge in [-0.25, -0.2) is 0 Å². The van der Waals surface area contributed by atoms with E-state index in [1.165, 1.54) is 0 Å². The third-order valence-electron chi connectivity index (χ3n) is 3.41. The first kappa shape index (κ1) is 15.4. The van der Waals surface area contributed by atoms with Crippen LogP contribution in [0.1, 0.15) is 24.1 Å². The van der Waals surface area contributed by atoms with Crippen molar-refractivity contribution in [2.45, 2.75) is 19.0 Å². The van der Waals surface area contributed by atoms with E-state index in [9.17, 15) is 10.2 Å².